The third-order valence-electron chi connectivity index (χ3n) is 25.7. The van der Waals surface area contributed by atoms with Gasteiger partial charge >= 0.3 is 0 Å². The second-order valence-electron chi connectivity index (χ2n) is 33.5. The molecule has 0 N–H and O–H groups in total. The van der Waals surface area contributed by atoms with Crippen LogP contribution in [-0.2, 0) is 0 Å². The van der Waals surface area contributed by atoms with Crippen LogP contribution < -0.4 is 0 Å². The van der Waals surface area contributed by atoms with Gasteiger partial charge in [0.05, 0.1) is 11.4 Å². The van der Waals surface area contributed by atoms with E-state index in [1.165, 1.54) is 11.1 Å². The first-order valence-electron chi connectivity index (χ1n) is 44.5. The summed E-state index contributed by atoms with van der Waals surface area (Å²) in [4.78, 5) is 25.7. The van der Waals surface area contributed by atoms with Crippen molar-refractivity contribution in [3.05, 3.63) is 455 Å². The highest BCUT2D eigenvalue weighted by molar-refractivity contribution is 6.26. The van der Waals surface area contributed by atoms with E-state index >= 15 is 0 Å². The third kappa shape index (κ3) is 13.7. The molecule has 0 radical (unpaired) electrons. The Balaban J connectivity index is 0.000000142. The Kier molecular flexibility index (Phi) is 18.7. The lowest BCUT2D eigenvalue weighted by Crippen LogP contribution is -2.00. The molecule has 0 aliphatic rings. The highest BCUT2D eigenvalue weighted by Gasteiger charge is 2.25. The number of hydrogen-bond acceptors (Lipinski definition) is 9. The lowest BCUT2D eigenvalue weighted by Gasteiger charge is -2.12. The van der Waals surface area contributed by atoms with E-state index in [0.717, 1.165) is 232 Å². The maximum Gasteiger partial charge on any atom is 0.164 e. The van der Waals surface area contributed by atoms with Crippen LogP contribution >= 0.6 is 0 Å². The van der Waals surface area contributed by atoms with Crippen LogP contribution in [-0.4, -0.2) is 24.9 Å². The van der Waals surface area contributed by atoms with Crippen molar-refractivity contribution in [2.75, 3.05) is 0 Å². The molecule has 616 valence electrons. The van der Waals surface area contributed by atoms with Crippen LogP contribution in [0, 0.1) is 0 Å². The van der Waals surface area contributed by atoms with Crippen molar-refractivity contribution >= 4 is 109 Å². The zero-order valence-electron chi connectivity index (χ0n) is 71.2. The maximum absolute atomic E-state index is 6.78. The molecular formula is C123H75N5O4. The molecule has 6 heterocycles. The minimum Gasteiger partial charge on any atom is -0.455 e. The average molecular weight is 1690 g/mol. The summed E-state index contributed by atoms with van der Waals surface area (Å²) in [5.41, 5.74) is 32.3. The highest BCUT2D eigenvalue weighted by Crippen LogP contribution is 2.49. The standard InChI is InChI=1S/C62H38N2O2.C61H37N3O2/c1-3-13-39(14-4-1)41-25-31-44(32-26-41)55-38-56(64-62(63-55)46-35-27-42(28-36-46)40-15-5-2-6-16-40)45-33-29-43(30-34-45)47-20-12-24-58-59(47)54-37-53(48-17-7-8-19-50(48)61(54)66-58)52-22-11-21-51-49-18-9-10-23-57(49)65-60(51)52;1-3-13-38(14-4-1)40-25-31-43(32-26-40)59-62-60(44-33-27-41(28-34-44)39-15-5-2-6-16-39)64-61(63-59)45-35-29-42(30-36-45)46-20-12-24-55-56(46)53-37-52(47-17-7-8-19-49(47)58(53)66-55)51-22-11-21-50-48-18-9-10-23-54(48)65-57(50)51/h1-38H;1-37H. The summed E-state index contributed by atoms with van der Waals surface area (Å²) < 4.78 is 26.7. The summed E-state index contributed by atoms with van der Waals surface area (Å²) in [7, 11) is 0. The Hall–Kier alpha value is -17.8. The largest absolute Gasteiger partial charge is 0.455 e. The van der Waals surface area contributed by atoms with E-state index in [1.807, 2.05) is 48.5 Å². The van der Waals surface area contributed by atoms with E-state index in [0.29, 0.717) is 23.3 Å². The zero-order valence-corrected chi connectivity index (χ0v) is 71.2. The number of para-hydroxylation sites is 4. The molecule has 26 rings (SSSR count). The normalized spacial score (nSPS) is 11.6. The first kappa shape index (κ1) is 76.6. The Morgan fingerprint density at radius 1 is 0.129 bits per heavy atom. The van der Waals surface area contributed by atoms with Crippen LogP contribution in [0.5, 0.6) is 0 Å². The van der Waals surface area contributed by atoms with Crippen molar-refractivity contribution in [3.8, 4) is 157 Å². The first-order chi connectivity index (χ1) is 65.4. The lowest BCUT2D eigenvalue weighted by atomic mass is 9.92. The Morgan fingerprint density at radius 2 is 0.364 bits per heavy atom. The second-order valence-corrected chi connectivity index (χ2v) is 33.5. The lowest BCUT2D eigenvalue weighted by molar-refractivity contribution is 0.669. The van der Waals surface area contributed by atoms with E-state index in [2.05, 4.69) is 406 Å². The van der Waals surface area contributed by atoms with E-state index in [-0.39, 0.29) is 0 Å². The molecule has 0 amide bonds. The third-order valence-corrected chi connectivity index (χ3v) is 25.7. The van der Waals surface area contributed by atoms with Crippen molar-refractivity contribution in [2.45, 2.75) is 0 Å². The SMILES string of the molecule is c1ccc(-c2ccc(-c3cc(-c4ccc(-c5cccc6oc7c8ccccc8c(-c8cccc9c8oc8ccccc89)cc7c56)cc4)nc(-c4ccc(-c5ccccc5)cc4)n3)cc2)cc1.c1ccc(-c2ccc(-c3nc(-c4ccc(-c5ccccc5)cc4)nc(-c4ccc(-c5cccc6oc7c8ccccc8c(-c8cccc9c8oc8ccccc89)cc7c56)cc4)n3)cc2)cc1. The summed E-state index contributed by atoms with van der Waals surface area (Å²) in [6.45, 7) is 0. The number of benzene rings is 20. The number of hydrogen-bond donors (Lipinski definition) is 0. The molecule has 20 aromatic carbocycles. The van der Waals surface area contributed by atoms with Gasteiger partial charge in [-0.3, -0.25) is 0 Å². The second kappa shape index (κ2) is 32.3. The predicted octanol–water partition coefficient (Wildman–Crippen LogP) is 33.6. The molecule has 9 nitrogen and oxygen atoms in total. The van der Waals surface area contributed by atoms with Gasteiger partial charge in [-0.2, -0.15) is 0 Å². The first-order valence-corrected chi connectivity index (χ1v) is 44.5. The van der Waals surface area contributed by atoms with Gasteiger partial charge in [-0.05, 0) is 131 Å². The molecule has 6 aromatic heterocycles. The van der Waals surface area contributed by atoms with Gasteiger partial charge in [-0.1, -0.05) is 413 Å². The van der Waals surface area contributed by atoms with Crippen molar-refractivity contribution in [2.24, 2.45) is 0 Å². The fraction of sp³-hybridized carbons (Fsp3) is 0. The van der Waals surface area contributed by atoms with E-state index in [9.17, 15) is 0 Å². The number of aromatic nitrogens is 5. The molecule has 9 heteroatoms. The summed E-state index contributed by atoms with van der Waals surface area (Å²) in [5, 5.41) is 13.0. The summed E-state index contributed by atoms with van der Waals surface area (Å²) in [6, 6.07) is 159. The molecule has 0 saturated carbocycles. The van der Waals surface area contributed by atoms with Crippen LogP contribution in [0.4, 0.5) is 0 Å². The molecular weight excluding hydrogens is 1610 g/mol. The van der Waals surface area contributed by atoms with Gasteiger partial charge in [0, 0.05) is 98.4 Å². The van der Waals surface area contributed by atoms with E-state index < -0.39 is 0 Å². The Bertz CT molecular complexity index is 8210. The average Bonchev–Trinajstić information content (AvgIpc) is 1.63. The summed E-state index contributed by atoms with van der Waals surface area (Å²) >= 11 is 0. The molecule has 132 heavy (non-hydrogen) atoms. The molecule has 0 aliphatic heterocycles. The molecule has 26 aromatic rings. The van der Waals surface area contributed by atoms with Crippen LogP contribution in [0.15, 0.2) is 473 Å². The van der Waals surface area contributed by atoms with Crippen molar-refractivity contribution in [1.29, 1.82) is 0 Å². The molecule has 0 bridgehead atoms. The smallest absolute Gasteiger partial charge is 0.164 e. The fourth-order valence-corrected chi connectivity index (χ4v) is 19.2. The molecule has 0 aliphatic carbocycles. The van der Waals surface area contributed by atoms with Gasteiger partial charge in [0.25, 0.3) is 0 Å². The predicted molar refractivity (Wildman–Crippen MR) is 542 cm³/mol. The molecule has 0 atom stereocenters. The van der Waals surface area contributed by atoms with Crippen molar-refractivity contribution in [3.63, 3.8) is 0 Å². The molecule has 0 saturated heterocycles. The number of fused-ring (bicyclic) bond motifs is 16. The minimum atomic E-state index is 0.601. The topological polar surface area (TPSA) is 117 Å². The van der Waals surface area contributed by atoms with Crippen LogP contribution in [0.25, 0.3) is 266 Å². The monoisotopic (exact) mass is 1690 g/mol. The molecule has 0 spiro atoms. The Morgan fingerprint density at radius 3 is 0.712 bits per heavy atom. The van der Waals surface area contributed by atoms with Crippen molar-refractivity contribution in [1.82, 2.24) is 24.9 Å². The maximum atomic E-state index is 6.78. The Labute approximate surface area is 758 Å². The van der Waals surface area contributed by atoms with Crippen molar-refractivity contribution < 1.29 is 17.7 Å². The van der Waals surface area contributed by atoms with E-state index in [4.69, 9.17) is 42.6 Å². The highest BCUT2D eigenvalue weighted by atomic mass is 16.3. The van der Waals surface area contributed by atoms with E-state index in [1.54, 1.807) is 0 Å². The summed E-state index contributed by atoms with van der Waals surface area (Å²) in [5.74, 6) is 2.50. The minimum absolute atomic E-state index is 0.601. The van der Waals surface area contributed by atoms with Gasteiger partial charge in [-0.25, -0.2) is 24.9 Å². The fourth-order valence-electron chi connectivity index (χ4n) is 19.2. The van der Waals surface area contributed by atoms with Crippen LogP contribution in [0.2, 0.25) is 0 Å². The molecule has 0 unspecified atom stereocenters. The van der Waals surface area contributed by atoms with Gasteiger partial charge in [0.2, 0.25) is 0 Å². The van der Waals surface area contributed by atoms with Gasteiger partial charge < -0.3 is 17.7 Å². The van der Waals surface area contributed by atoms with Gasteiger partial charge in [0.15, 0.2) is 23.3 Å². The van der Waals surface area contributed by atoms with Crippen LogP contribution in [0.1, 0.15) is 0 Å². The quantitative estimate of drug-likeness (QED) is 0.105. The number of rotatable bonds is 14. The van der Waals surface area contributed by atoms with Gasteiger partial charge in [0.1, 0.15) is 44.7 Å². The van der Waals surface area contributed by atoms with Gasteiger partial charge in [-0.15, -0.1) is 0 Å². The number of furan rings is 4. The molecule has 0 fully saturated rings. The van der Waals surface area contributed by atoms with Crippen LogP contribution in [0.3, 0.4) is 0 Å². The zero-order chi connectivity index (χ0) is 87.1. The number of nitrogens with zero attached hydrogens (tertiary/aromatic N) is 5. The summed E-state index contributed by atoms with van der Waals surface area (Å²) in [6.07, 6.45) is 0.